The van der Waals surface area contributed by atoms with E-state index in [0.717, 1.165) is 47.2 Å². The number of hydrogen-bond acceptors (Lipinski definition) is 5. The van der Waals surface area contributed by atoms with E-state index in [2.05, 4.69) is 17.3 Å². The van der Waals surface area contributed by atoms with Gasteiger partial charge in [-0.3, -0.25) is 14.0 Å². The maximum Gasteiger partial charge on any atom is 0.263 e. The van der Waals surface area contributed by atoms with Gasteiger partial charge >= 0.3 is 0 Å². The van der Waals surface area contributed by atoms with E-state index in [-0.39, 0.29) is 11.4 Å². The molecule has 5 rings (SSSR count). The van der Waals surface area contributed by atoms with Crippen LogP contribution in [0.5, 0.6) is 0 Å². The first-order valence-electron chi connectivity index (χ1n) is 10.7. The average molecular weight is 438 g/mol. The van der Waals surface area contributed by atoms with Crippen LogP contribution in [0.2, 0.25) is 0 Å². The highest BCUT2D eigenvalue weighted by molar-refractivity contribution is 7.18. The van der Waals surface area contributed by atoms with Crippen LogP contribution >= 0.6 is 11.3 Å². The van der Waals surface area contributed by atoms with Crippen molar-refractivity contribution < 1.29 is 4.39 Å². The summed E-state index contributed by atoms with van der Waals surface area (Å²) in [6, 6.07) is 6.49. The Morgan fingerprint density at radius 1 is 1.26 bits per heavy atom. The lowest BCUT2D eigenvalue weighted by Crippen LogP contribution is -2.24. The fourth-order valence-electron chi connectivity index (χ4n) is 4.23. The maximum absolute atomic E-state index is 13.4. The fourth-order valence-corrected chi connectivity index (χ4v) is 5.48. The van der Waals surface area contributed by atoms with E-state index < -0.39 is 0 Å². The summed E-state index contributed by atoms with van der Waals surface area (Å²) in [6.45, 7) is 3.12. The summed E-state index contributed by atoms with van der Waals surface area (Å²) >= 11 is 1.65. The number of anilines is 2. The summed E-state index contributed by atoms with van der Waals surface area (Å²) in [5.41, 5.74) is 2.83. The molecule has 1 aliphatic carbocycles. The van der Waals surface area contributed by atoms with Crippen molar-refractivity contribution in [3.63, 3.8) is 0 Å². The Balaban J connectivity index is 1.48. The van der Waals surface area contributed by atoms with Crippen LogP contribution in [0.4, 0.5) is 16.0 Å². The number of thiophene rings is 1. The van der Waals surface area contributed by atoms with E-state index in [1.165, 1.54) is 29.0 Å². The van der Waals surface area contributed by atoms with Gasteiger partial charge in [0.2, 0.25) is 5.95 Å². The normalized spacial score (nSPS) is 13.5. The lowest BCUT2D eigenvalue weighted by molar-refractivity contribution is 0.619. The molecule has 6 nitrogen and oxygen atoms in total. The highest BCUT2D eigenvalue weighted by Crippen LogP contribution is 2.34. The Hall–Kier alpha value is -3.00. The summed E-state index contributed by atoms with van der Waals surface area (Å²) in [4.78, 5) is 20.3. The number of halogens is 1. The summed E-state index contributed by atoms with van der Waals surface area (Å²) < 4.78 is 16.9. The van der Waals surface area contributed by atoms with Crippen molar-refractivity contribution in [2.45, 2.75) is 52.1 Å². The Bertz CT molecular complexity index is 1310. The quantitative estimate of drug-likeness (QED) is 0.467. The van der Waals surface area contributed by atoms with Gasteiger partial charge in [-0.25, -0.2) is 9.37 Å². The van der Waals surface area contributed by atoms with Crippen molar-refractivity contribution in [2.75, 3.05) is 5.32 Å². The van der Waals surface area contributed by atoms with Gasteiger partial charge in [-0.05, 0) is 55.4 Å². The molecular weight excluding hydrogens is 413 g/mol. The second kappa shape index (κ2) is 8.26. The Morgan fingerprint density at radius 3 is 2.97 bits per heavy atom. The lowest BCUT2D eigenvalue weighted by Gasteiger charge is -2.13. The number of aryl methyl sites for hydroxylation is 2. The highest BCUT2D eigenvalue weighted by atomic mass is 32.1. The van der Waals surface area contributed by atoms with E-state index in [0.29, 0.717) is 19.0 Å². The number of benzene rings is 1. The predicted molar refractivity (Wildman–Crippen MR) is 122 cm³/mol. The van der Waals surface area contributed by atoms with Gasteiger partial charge in [0.05, 0.1) is 23.8 Å². The molecule has 0 unspecified atom stereocenters. The molecule has 0 atom stereocenters. The van der Waals surface area contributed by atoms with Gasteiger partial charge in [0, 0.05) is 17.6 Å². The van der Waals surface area contributed by atoms with Crippen molar-refractivity contribution in [1.82, 2.24) is 19.3 Å². The minimum atomic E-state index is -0.261. The topological polar surface area (TPSA) is 64.7 Å². The van der Waals surface area contributed by atoms with Crippen molar-refractivity contribution >= 4 is 33.2 Å². The summed E-state index contributed by atoms with van der Waals surface area (Å²) in [7, 11) is 0. The molecule has 0 amide bonds. The molecule has 160 valence electrons. The molecule has 0 saturated heterocycles. The Labute approximate surface area is 183 Å². The molecule has 0 spiro atoms. The first kappa shape index (κ1) is 19.9. The highest BCUT2D eigenvalue weighted by Gasteiger charge is 2.22. The van der Waals surface area contributed by atoms with E-state index in [9.17, 15) is 9.18 Å². The third kappa shape index (κ3) is 3.87. The van der Waals surface area contributed by atoms with Crippen LogP contribution in [0.3, 0.4) is 0 Å². The zero-order valence-electron chi connectivity index (χ0n) is 17.4. The van der Waals surface area contributed by atoms with Gasteiger partial charge in [-0.15, -0.1) is 11.3 Å². The zero-order chi connectivity index (χ0) is 21.4. The molecule has 0 bridgehead atoms. The van der Waals surface area contributed by atoms with E-state index in [1.807, 2.05) is 12.3 Å². The van der Waals surface area contributed by atoms with Crippen molar-refractivity contribution in [1.29, 1.82) is 0 Å². The molecule has 31 heavy (non-hydrogen) atoms. The Morgan fingerprint density at radius 2 is 2.13 bits per heavy atom. The second-order valence-corrected chi connectivity index (χ2v) is 9.05. The molecule has 0 saturated carbocycles. The Kier molecular flexibility index (Phi) is 5.31. The molecule has 0 radical (unpaired) electrons. The van der Waals surface area contributed by atoms with Crippen LogP contribution in [-0.2, 0) is 25.9 Å². The van der Waals surface area contributed by atoms with Gasteiger partial charge in [0.15, 0.2) is 0 Å². The molecule has 4 aromatic rings. The standard InChI is InChI=1S/C23H24FN5OS/c1-2-10-29-22(30)20-18-8-3-4-9-19(18)31-21(20)27-23(29)26-17-12-25-28(14-17)13-15-6-5-7-16(24)11-15/h5-7,11-12,14H,2-4,8-10,13H2,1H3,(H,26,27). The number of nitrogens with one attached hydrogen (secondary N) is 1. The van der Waals surface area contributed by atoms with Gasteiger partial charge < -0.3 is 5.32 Å². The van der Waals surface area contributed by atoms with Gasteiger partial charge in [0.1, 0.15) is 10.6 Å². The predicted octanol–water partition coefficient (Wildman–Crippen LogP) is 4.87. The molecule has 3 aromatic heterocycles. The fraction of sp³-hybridized carbons (Fsp3) is 0.348. The third-order valence-corrected chi connectivity index (χ3v) is 6.83. The molecule has 3 heterocycles. The van der Waals surface area contributed by atoms with Crippen LogP contribution in [0.15, 0.2) is 41.5 Å². The zero-order valence-corrected chi connectivity index (χ0v) is 18.2. The molecular formula is C23H24FN5OS. The van der Waals surface area contributed by atoms with Gasteiger partial charge in [-0.1, -0.05) is 19.1 Å². The van der Waals surface area contributed by atoms with E-state index in [4.69, 9.17) is 4.98 Å². The average Bonchev–Trinajstić information content (AvgIpc) is 3.34. The maximum atomic E-state index is 13.4. The van der Waals surface area contributed by atoms with Crippen molar-refractivity contribution in [3.05, 3.63) is 68.8 Å². The van der Waals surface area contributed by atoms with Crippen LogP contribution in [-0.4, -0.2) is 19.3 Å². The van der Waals surface area contributed by atoms with Crippen molar-refractivity contribution in [2.24, 2.45) is 0 Å². The summed E-state index contributed by atoms with van der Waals surface area (Å²) in [5, 5.41) is 8.47. The SMILES string of the molecule is CCCn1c(Nc2cnn(Cc3cccc(F)c3)c2)nc2sc3c(c2c1=O)CCCC3. The lowest BCUT2D eigenvalue weighted by atomic mass is 9.97. The first-order chi connectivity index (χ1) is 15.1. The number of fused-ring (bicyclic) bond motifs is 3. The molecule has 8 heteroatoms. The molecule has 1 aromatic carbocycles. The van der Waals surface area contributed by atoms with E-state index >= 15 is 0 Å². The number of hydrogen-bond donors (Lipinski definition) is 1. The van der Waals surface area contributed by atoms with Gasteiger partial charge in [-0.2, -0.15) is 5.10 Å². The van der Waals surface area contributed by atoms with Crippen LogP contribution < -0.4 is 10.9 Å². The molecule has 0 fully saturated rings. The minimum Gasteiger partial charge on any atom is -0.323 e. The first-order valence-corrected chi connectivity index (χ1v) is 11.5. The molecule has 0 aliphatic heterocycles. The molecule has 1 aliphatic rings. The third-order valence-electron chi connectivity index (χ3n) is 5.65. The smallest absolute Gasteiger partial charge is 0.263 e. The monoisotopic (exact) mass is 437 g/mol. The van der Waals surface area contributed by atoms with Crippen LogP contribution in [0.25, 0.3) is 10.2 Å². The number of nitrogens with zero attached hydrogens (tertiary/aromatic N) is 4. The number of aromatic nitrogens is 4. The summed E-state index contributed by atoms with van der Waals surface area (Å²) in [5.74, 6) is 0.283. The van der Waals surface area contributed by atoms with Gasteiger partial charge in [0.25, 0.3) is 5.56 Å². The van der Waals surface area contributed by atoms with Crippen LogP contribution in [0, 0.1) is 5.82 Å². The number of rotatable bonds is 6. The van der Waals surface area contributed by atoms with Crippen LogP contribution in [0.1, 0.15) is 42.2 Å². The molecule has 1 N–H and O–H groups in total. The second-order valence-electron chi connectivity index (χ2n) is 7.96. The van der Waals surface area contributed by atoms with Crippen molar-refractivity contribution in [3.8, 4) is 0 Å². The summed E-state index contributed by atoms with van der Waals surface area (Å²) in [6.07, 6.45) is 8.71. The van der Waals surface area contributed by atoms with E-state index in [1.54, 1.807) is 32.8 Å². The minimum absolute atomic E-state index is 0.0425. The largest absolute Gasteiger partial charge is 0.323 e.